The normalized spacial score (nSPS) is 20.2. The minimum absolute atomic E-state index is 0.0317. The van der Waals surface area contributed by atoms with Crippen LogP contribution < -0.4 is 10.9 Å². The van der Waals surface area contributed by atoms with Crippen LogP contribution in [0.25, 0.3) is 11.4 Å². The zero-order valence-corrected chi connectivity index (χ0v) is 16.1. The van der Waals surface area contributed by atoms with Crippen LogP contribution in [0.3, 0.4) is 0 Å². The highest BCUT2D eigenvalue weighted by Gasteiger charge is 2.24. The molecule has 28 heavy (non-hydrogen) atoms. The van der Waals surface area contributed by atoms with Crippen molar-refractivity contribution in [3.8, 4) is 11.4 Å². The number of hydrogen-bond acceptors (Lipinski definition) is 4. The van der Waals surface area contributed by atoms with Crippen molar-refractivity contribution in [2.45, 2.75) is 38.5 Å². The second kappa shape index (κ2) is 8.69. The molecule has 148 valence electrons. The standard InChI is InChI=1S/C22H27N3O3/c26-21(17-10-12-28-13-11-17)23-14-15-6-8-18-19(9-7-15)24-20(25-22(18)27)16-4-2-1-3-5-16/h1-5,15,17H,6-14H2,(H,23,26)(H,24,25,27). The fraction of sp³-hybridized carbons (Fsp3) is 0.500. The molecule has 6 heteroatoms. The Morgan fingerprint density at radius 2 is 1.86 bits per heavy atom. The fourth-order valence-electron chi connectivity index (χ4n) is 4.13. The van der Waals surface area contributed by atoms with Crippen LogP contribution in [0.1, 0.15) is 36.9 Å². The lowest BCUT2D eigenvalue weighted by molar-refractivity contribution is -0.128. The molecule has 2 heterocycles. The number of nitrogens with zero attached hydrogens (tertiary/aromatic N) is 1. The number of aromatic amines is 1. The predicted molar refractivity (Wildman–Crippen MR) is 107 cm³/mol. The van der Waals surface area contributed by atoms with E-state index in [-0.39, 0.29) is 17.4 Å². The first-order valence-corrected chi connectivity index (χ1v) is 10.2. The Labute approximate surface area is 164 Å². The molecule has 1 atom stereocenters. The highest BCUT2D eigenvalue weighted by atomic mass is 16.5. The van der Waals surface area contributed by atoms with Gasteiger partial charge >= 0.3 is 0 Å². The van der Waals surface area contributed by atoms with E-state index in [1.54, 1.807) is 0 Å². The molecule has 1 fully saturated rings. The fourth-order valence-corrected chi connectivity index (χ4v) is 4.13. The first kappa shape index (κ1) is 18.9. The zero-order valence-electron chi connectivity index (χ0n) is 16.1. The van der Waals surface area contributed by atoms with Gasteiger partial charge in [-0.3, -0.25) is 9.59 Å². The highest BCUT2D eigenvalue weighted by Crippen LogP contribution is 2.23. The van der Waals surface area contributed by atoms with Gasteiger partial charge in [0.15, 0.2) is 0 Å². The summed E-state index contributed by atoms with van der Waals surface area (Å²) >= 11 is 0. The molecule has 1 amide bonds. The van der Waals surface area contributed by atoms with Gasteiger partial charge in [0.05, 0.1) is 5.69 Å². The molecular weight excluding hydrogens is 354 g/mol. The van der Waals surface area contributed by atoms with Gasteiger partial charge in [-0.15, -0.1) is 0 Å². The number of aryl methyl sites for hydroxylation is 1. The minimum atomic E-state index is -0.0317. The summed E-state index contributed by atoms with van der Waals surface area (Å²) in [5, 5.41) is 3.13. The molecule has 0 spiro atoms. The van der Waals surface area contributed by atoms with Gasteiger partial charge in [-0.25, -0.2) is 4.98 Å². The number of nitrogens with one attached hydrogen (secondary N) is 2. The number of carbonyl (C=O) groups excluding carboxylic acids is 1. The molecule has 1 aliphatic heterocycles. The van der Waals surface area contributed by atoms with Gasteiger partial charge in [0.1, 0.15) is 5.82 Å². The number of benzene rings is 1. The molecule has 1 aliphatic carbocycles. The second-order valence-electron chi connectivity index (χ2n) is 7.78. The van der Waals surface area contributed by atoms with Gasteiger partial charge in [-0.1, -0.05) is 30.3 Å². The molecule has 2 aromatic rings. The maximum atomic E-state index is 12.6. The van der Waals surface area contributed by atoms with Crippen LogP contribution in [0.2, 0.25) is 0 Å². The lowest BCUT2D eigenvalue weighted by atomic mass is 9.97. The number of hydrogen-bond donors (Lipinski definition) is 2. The average Bonchev–Trinajstić information content (AvgIpc) is 2.96. The summed E-state index contributed by atoms with van der Waals surface area (Å²) in [7, 11) is 0. The van der Waals surface area contributed by atoms with Crippen LogP contribution in [0.4, 0.5) is 0 Å². The van der Waals surface area contributed by atoms with Crippen molar-refractivity contribution in [1.82, 2.24) is 15.3 Å². The summed E-state index contributed by atoms with van der Waals surface area (Å²) in [4.78, 5) is 32.7. The molecular formula is C22H27N3O3. The van der Waals surface area contributed by atoms with E-state index in [4.69, 9.17) is 9.72 Å². The van der Waals surface area contributed by atoms with E-state index in [1.807, 2.05) is 30.3 Å². The maximum Gasteiger partial charge on any atom is 0.254 e. The largest absolute Gasteiger partial charge is 0.381 e. The number of ether oxygens (including phenoxy) is 1. The highest BCUT2D eigenvalue weighted by molar-refractivity contribution is 5.78. The van der Waals surface area contributed by atoms with Crippen molar-refractivity contribution >= 4 is 5.91 Å². The predicted octanol–water partition coefficient (Wildman–Crippen LogP) is 2.47. The van der Waals surface area contributed by atoms with E-state index >= 15 is 0 Å². The zero-order chi connectivity index (χ0) is 19.3. The van der Waals surface area contributed by atoms with Gasteiger partial charge in [0, 0.05) is 36.8 Å². The van der Waals surface area contributed by atoms with Crippen molar-refractivity contribution in [1.29, 1.82) is 0 Å². The third kappa shape index (κ3) is 4.33. The van der Waals surface area contributed by atoms with E-state index in [0.29, 0.717) is 37.9 Å². The van der Waals surface area contributed by atoms with Gasteiger partial charge in [-0.2, -0.15) is 0 Å². The molecule has 6 nitrogen and oxygen atoms in total. The Kier molecular flexibility index (Phi) is 5.86. The Balaban J connectivity index is 1.40. The summed E-state index contributed by atoms with van der Waals surface area (Å²) < 4.78 is 5.33. The van der Waals surface area contributed by atoms with Gasteiger partial charge in [-0.05, 0) is 44.4 Å². The Hall–Kier alpha value is -2.47. The van der Waals surface area contributed by atoms with Crippen LogP contribution in [-0.4, -0.2) is 35.6 Å². The number of fused-ring (bicyclic) bond motifs is 1. The maximum absolute atomic E-state index is 12.6. The Bertz CT molecular complexity index is 872. The van der Waals surface area contributed by atoms with E-state index in [9.17, 15) is 9.59 Å². The smallest absolute Gasteiger partial charge is 0.254 e. The van der Waals surface area contributed by atoms with E-state index in [1.165, 1.54) is 0 Å². The summed E-state index contributed by atoms with van der Waals surface area (Å²) in [5.41, 5.74) is 2.60. The lowest BCUT2D eigenvalue weighted by Gasteiger charge is -2.22. The van der Waals surface area contributed by atoms with Crippen molar-refractivity contribution in [2.24, 2.45) is 11.8 Å². The Morgan fingerprint density at radius 3 is 2.64 bits per heavy atom. The van der Waals surface area contributed by atoms with Crippen molar-refractivity contribution in [3.63, 3.8) is 0 Å². The molecule has 1 saturated heterocycles. The summed E-state index contributed by atoms with van der Waals surface area (Å²) in [5.74, 6) is 1.23. The minimum Gasteiger partial charge on any atom is -0.381 e. The number of carbonyl (C=O) groups is 1. The van der Waals surface area contributed by atoms with Crippen LogP contribution in [0, 0.1) is 11.8 Å². The molecule has 4 rings (SSSR count). The van der Waals surface area contributed by atoms with Crippen LogP contribution in [0.5, 0.6) is 0 Å². The molecule has 0 saturated carbocycles. The molecule has 2 N–H and O–H groups in total. The van der Waals surface area contributed by atoms with Crippen LogP contribution >= 0.6 is 0 Å². The van der Waals surface area contributed by atoms with Gasteiger partial charge in [0.25, 0.3) is 5.56 Å². The third-order valence-corrected chi connectivity index (χ3v) is 5.90. The number of aromatic nitrogens is 2. The molecule has 1 aromatic heterocycles. The number of amides is 1. The topological polar surface area (TPSA) is 84.1 Å². The van der Waals surface area contributed by atoms with Gasteiger partial charge < -0.3 is 15.0 Å². The van der Waals surface area contributed by atoms with E-state index in [0.717, 1.165) is 48.9 Å². The molecule has 1 unspecified atom stereocenters. The van der Waals surface area contributed by atoms with Crippen LogP contribution in [-0.2, 0) is 22.4 Å². The summed E-state index contributed by atoms with van der Waals surface area (Å²) in [6.07, 6.45) is 4.94. The van der Waals surface area contributed by atoms with Crippen molar-refractivity contribution in [2.75, 3.05) is 19.8 Å². The monoisotopic (exact) mass is 381 g/mol. The molecule has 1 aromatic carbocycles. The quantitative estimate of drug-likeness (QED) is 0.797. The summed E-state index contributed by atoms with van der Waals surface area (Å²) in [6.45, 7) is 2.03. The lowest BCUT2D eigenvalue weighted by Crippen LogP contribution is -2.37. The van der Waals surface area contributed by atoms with E-state index < -0.39 is 0 Å². The molecule has 0 radical (unpaired) electrons. The first-order valence-electron chi connectivity index (χ1n) is 10.2. The van der Waals surface area contributed by atoms with E-state index in [2.05, 4.69) is 10.3 Å². The van der Waals surface area contributed by atoms with Crippen molar-refractivity contribution < 1.29 is 9.53 Å². The average molecular weight is 381 g/mol. The number of rotatable bonds is 4. The first-order chi connectivity index (χ1) is 13.7. The summed E-state index contributed by atoms with van der Waals surface area (Å²) in [6, 6.07) is 9.74. The molecule has 2 aliphatic rings. The second-order valence-corrected chi connectivity index (χ2v) is 7.78. The SMILES string of the molecule is O=C(NCC1CCc2nc(-c3ccccc3)[nH]c(=O)c2CC1)C1CCOCC1. The van der Waals surface area contributed by atoms with Crippen LogP contribution in [0.15, 0.2) is 35.1 Å². The molecule has 0 bridgehead atoms. The van der Waals surface area contributed by atoms with Gasteiger partial charge in [0.2, 0.25) is 5.91 Å². The third-order valence-electron chi connectivity index (χ3n) is 5.90. The van der Waals surface area contributed by atoms with Crippen molar-refractivity contribution in [3.05, 3.63) is 51.9 Å². The Morgan fingerprint density at radius 1 is 1.11 bits per heavy atom. The number of H-pyrrole nitrogens is 1.